The number of imidazole rings is 1. The highest BCUT2D eigenvalue weighted by molar-refractivity contribution is 9.10. The van der Waals surface area contributed by atoms with Crippen molar-refractivity contribution in [3.05, 3.63) is 27.1 Å². The Morgan fingerprint density at radius 1 is 1.32 bits per heavy atom. The maximum absolute atomic E-state index is 11.8. The van der Waals surface area contributed by atoms with Crippen LogP contribution in [0, 0.1) is 0 Å². The van der Waals surface area contributed by atoms with E-state index in [0.717, 1.165) is 17.3 Å². The Hall–Kier alpha value is -1.60. The number of amides is 1. The fourth-order valence-electron chi connectivity index (χ4n) is 1.87. The molecule has 2 aromatic rings. The Labute approximate surface area is 117 Å². The number of hydrogen-bond donors (Lipinski definition) is 4. The number of nitrogens with one attached hydrogen (secondary N) is 4. The molecule has 0 radical (unpaired) electrons. The lowest BCUT2D eigenvalue weighted by Crippen LogP contribution is -2.29. The van der Waals surface area contributed by atoms with E-state index in [9.17, 15) is 9.59 Å². The summed E-state index contributed by atoms with van der Waals surface area (Å²) in [5.74, 6) is -0.0927. The van der Waals surface area contributed by atoms with Crippen molar-refractivity contribution in [3.8, 4) is 0 Å². The summed E-state index contributed by atoms with van der Waals surface area (Å²) in [6.45, 7) is 0.304. The van der Waals surface area contributed by atoms with Gasteiger partial charge in [0.15, 0.2) is 0 Å². The normalized spacial score (nSPS) is 14.8. The molecule has 1 aromatic heterocycles. The van der Waals surface area contributed by atoms with E-state index >= 15 is 0 Å². The molecule has 1 saturated carbocycles. The third kappa shape index (κ3) is 2.87. The van der Waals surface area contributed by atoms with Gasteiger partial charge < -0.3 is 20.6 Å². The molecule has 1 heterocycles. The largest absolute Gasteiger partial charge is 0.324 e. The van der Waals surface area contributed by atoms with Crippen LogP contribution in [0.3, 0.4) is 0 Å². The molecule has 6 nitrogen and oxygen atoms in total. The number of fused-ring (bicyclic) bond motifs is 1. The van der Waals surface area contributed by atoms with Crippen LogP contribution in [0.4, 0.5) is 5.69 Å². The van der Waals surface area contributed by atoms with Gasteiger partial charge in [0.1, 0.15) is 0 Å². The number of hydrogen-bond acceptors (Lipinski definition) is 3. The molecule has 0 spiro atoms. The predicted octanol–water partition coefficient (Wildman–Crippen LogP) is 1.31. The van der Waals surface area contributed by atoms with E-state index < -0.39 is 0 Å². The molecule has 0 atom stereocenters. The Morgan fingerprint density at radius 3 is 2.68 bits per heavy atom. The van der Waals surface area contributed by atoms with Gasteiger partial charge in [0.2, 0.25) is 5.91 Å². The number of halogens is 1. The van der Waals surface area contributed by atoms with Gasteiger partial charge in [0.05, 0.1) is 23.3 Å². The molecule has 4 N–H and O–H groups in total. The van der Waals surface area contributed by atoms with E-state index in [1.807, 2.05) is 0 Å². The van der Waals surface area contributed by atoms with E-state index in [-0.39, 0.29) is 11.6 Å². The summed E-state index contributed by atoms with van der Waals surface area (Å²) in [6.07, 6.45) is 2.29. The number of carbonyl (C=O) groups is 1. The fraction of sp³-hybridized carbons (Fsp3) is 0.333. The van der Waals surface area contributed by atoms with Gasteiger partial charge in [-0.15, -0.1) is 0 Å². The number of benzene rings is 1. The highest BCUT2D eigenvalue weighted by Gasteiger charge is 2.21. The zero-order valence-electron chi connectivity index (χ0n) is 10.0. The maximum Gasteiger partial charge on any atom is 0.323 e. The third-order valence-corrected chi connectivity index (χ3v) is 3.66. The first-order valence-corrected chi connectivity index (χ1v) is 6.86. The molecule has 1 aliphatic rings. The van der Waals surface area contributed by atoms with Crippen molar-refractivity contribution in [2.24, 2.45) is 0 Å². The number of anilines is 1. The van der Waals surface area contributed by atoms with Gasteiger partial charge in [-0.1, -0.05) is 0 Å². The lowest BCUT2D eigenvalue weighted by molar-refractivity contribution is -0.115. The van der Waals surface area contributed by atoms with Crippen molar-refractivity contribution in [3.63, 3.8) is 0 Å². The van der Waals surface area contributed by atoms with Crippen LogP contribution >= 0.6 is 15.9 Å². The smallest absolute Gasteiger partial charge is 0.323 e. The van der Waals surface area contributed by atoms with Crippen LogP contribution in [0.1, 0.15) is 12.8 Å². The van der Waals surface area contributed by atoms with Crippen molar-refractivity contribution in [1.82, 2.24) is 15.3 Å². The monoisotopic (exact) mass is 324 g/mol. The van der Waals surface area contributed by atoms with Gasteiger partial charge in [-0.3, -0.25) is 4.79 Å². The molecule has 3 rings (SSSR count). The SMILES string of the molecule is O=C(CNC1CC1)Nc1cc2[nH]c(=O)[nH]c2cc1Br. The highest BCUT2D eigenvalue weighted by atomic mass is 79.9. The summed E-state index contributed by atoms with van der Waals surface area (Å²) >= 11 is 3.38. The van der Waals surface area contributed by atoms with Gasteiger partial charge in [-0.05, 0) is 40.9 Å². The molecule has 0 saturated heterocycles. The minimum Gasteiger partial charge on any atom is -0.324 e. The molecule has 7 heteroatoms. The second-order valence-corrected chi connectivity index (χ2v) is 5.51. The van der Waals surface area contributed by atoms with Gasteiger partial charge in [-0.2, -0.15) is 0 Å². The van der Waals surface area contributed by atoms with Crippen molar-refractivity contribution in [1.29, 1.82) is 0 Å². The second kappa shape index (κ2) is 4.82. The summed E-state index contributed by atoms with van der Waals surface area (Å²) in [5.41, 5.74) is 1.75. The molecular weight excluding hydrogens is 312 g/mol. The number of aromatic amines is 2. The third-order valence-electron chi connectivity index (χ3n) is 3.01. The van der Waals surface area contributed by atoms with E-state index in [4.69, 9.17) is 0 Å². The van der Waals surface area contributed by atoms with Crippen LogP contribution in [0.25, 0.3) is 11.0 Å². The first-order chi connectivity index (χ1) is 9.11. The van der Waals surface area contributed by atoms with E-state index in [1.165, 1.54) is 0 Å². The molecule has 100 valence electrons. The lowest BCUT2D eigenvalue weighted by Gasteiger charge is -2.08. The summed E-state index contributed by atoms with van der Waals surface area (Å²) in [6, 6.07) is 3.99. The van der Waals surface area contributed by atoms with Gasteiger partial charge in [0, 0.05) is 10.5 Å². The Bertz CT molecular complexity index is 687. The Balaban J connectivity index is 1.76. The van der Waals surface area contributed by atoms with E-state index in [0.29, 0.717) is 29.3 Å². The molecular formula is C12H13BrN4O2. The van der Waals surface area contributed by atoms with Crippen molar-refractivity contribution in [2.75, 3.05) is 11.9 Å². The fourth-order valence-corrected chi connectivity index (χ4v) is 2.31. The van der Waals surface area contributed by atoms with Gasteiger partial charge >= 0.3 is 5.69 Å². The standard InChI is InChI=1S/C12H13BrN4O2/c13-7-3-9-10(17-12(19)16-9)4-8(7)15-11(18)5-14-6-1-2-6/h3-4,6,14H,1-2,5H2,(H,15,18)(H2,16,17,19). The van der Waals surface area contributed by atoms with Gasteiger partial charge in [-0.25, -0.2) is 4.79 Å². The molecule has 0 unspecified atom stereocenters. The first-order valence-electron chi connectivity index (χ1n) is 6.06. The van der Waals surface area contributed by atoms with Crippen LogP contribution in [0.5, 0.6) is 0 Å². The average Bonchev–Trinajstić information content (AvgIpc) is 3.10. The first kappa shape index (κ1) is 12.4. The summed E-state index contributed by atoms with van der Waals surface area (Å²) in [4.78, 5) is 28.3. The molecule has 1 aliphatic carbocycles. The second-order valence-electron chi connectivity index (χ2n) is 4.66. The topological polar surface area (TPSA) is 89.8 Å². The van der Waals surface area contributed by atoms with Crippen molar-refractivity contribution >= 4 is 38.6 Å². The van der Waals surface area contributed by atoms with E-state index in [2.05, 4.69) is 36.5 Å². The summed E-state index contributed by atoms with van der Waals surface area (Å²) < 4.78 is 0.732. The van der Waals surface area contributed by atoms with Crippen LogP contribution in [0.2, 0.25) is 0 Å². The number of carbonyl (C=O) groups excluding carboxylic acids is 1. The average molecular weight is 325 g/mol. The zero-order valence-corrected chi connectivity index (χ0v) is 11.6. The van der Waals surface area contributed by atoms with E-state index in [1.54, 1.807) is 12.1 Å². The summed E-state index contributed by atoms with van der Waals surface area (Å²) in [7, 11) is 0. The molecule has 0 aliphatic heterocycles. The van der Waals surface area contributed by atoms with Crippen molar-refractivity contribution < 1.29 is 4.79 Å². The molecule has 0 bridgehead atoms. The minimum absolute atomic E-state index is 0.0927. The molecule has 1 fully saturated rings. The quantitative estimate of drug-likeness (QED) is 0.683. The Kier molecular flexibility index (Phi) is 3.16. The highest BCUT2D eigenvalue weighted by Crippen LogP contribution is 2.26. The van der Waals surface area contributed by atoms with Crippen LogP contribution in [-0.2, 0) is 4.79 Å². The van der Waals surface area contributed by atoms with Crippen LogP contribution in [-0.4, -0.2) is 28.5 Å². The number of aromatic nitrogens is 2. The lowest BCUT2D eigenvalue weighted by atomic mass is 10.2. The minimum atomic E-state index is -0.263. The maximum atomic E-state index is 11.8. The van der Waals surface area contributed by atoms with Crippen molar-refractivity contribution in [2.45, 2.75) is 18.9 Å². The predicted molar refractivity (Wildman–Crippen MR) is 76.3 cm³/mol. The number of rotatable bonds is 4. The van der Waals surface area contributed by atoms with Gasteiger partial charge in [0.25, 0.3) is 0 Å². The van der Waals surface area contributed by atoms with Crippen LogP contribution in [0.15, 0.2) is 21.4 Å². The molecule has 1 aromatic carbocycles. The molecule has 19 heavy (non-hydrogen) atoms. The molecule has 1 amide bonds. The van der Waals surface area contributed by atoms with Crippen LogP contribution < -0.4 is 16.3 Å². The number of H-pyrrole nitrogens is 2. The Morgan fingerprint density at radius 2 is 2.00 bits per heavy atom. The summed E-state index contributed by atoms with van der Waals surface area (Å²) in [5, 5.41) is 5.96. The zero-order chi connectivity index (χ0) is 13.4.